The summed E-state index contributed by atoms with van der Waals surface area (Å²) in [5, 5.41) is 3.01. The number of amides is 2. The minimum absolute atomic E-state index is 0.00193. The third-order valence-corrected chi connectivity index (χ3v) is 3.61. The van der Waals surface area contributed by atoms with Crippen molar-refractivity contribution in [3.8, 4) is 5.75 Å². The lowest BCUT2D eigenvalue weighted by Gasteiger charge is -2.17. The van der Waals surface area contributed by atoms with Crippen LogP contribution in [-0.2, 0) is 6.42 Å². The van der Waals surface area contributed by atoms with Crippen molar-refractivity contribution in [2.45, 2.75) is 25.4 Å². The van der Waals surface area contributed by atoms with Crippen molar-refractivity contribution in [1.82, 2.24) is 10.2 Å². The van der Waals surface area contributed by atoms with Crippen LogP contribution < -0.4 is 15.8 Å². The van der Waals surface area contributed by atoms with E-state index in [0.717, 1.165) is 24.3 Å². The summed E-state index contributed by atoms with van der Waals surface area (Å²) < 4.78 is 5.50. The lowest BCUT2D eigenvalue weighted by atomic mass is 10.0. The molecule has 1 saturated heterocycles. The molecule has 1 fully saturated rings. The van der Waals surface area contributed by atoms with Crippen molar-refractivity contribution in [1.29, 1.82) is 0 Å². The van der Waals surface area contributed by atoms with Crippen molar-refractivity contribution >= 4 is 6.03 Å². The SMILES string of the molecule is CC(N)CN1CC(c2ccc3c(c2)CCO3)NC1=O. The van der Waals surface area contributed by atoms with Gasteiger partial charge in [-0.2, -0.15) is 0 Å². The molecule has 3 rings (SSSR count). The molecule has 0 aliphatic carbocycles. The molecule has 3 N–H and O–H groups in total. The molecule has 5 nitrogen and oxygen atoms in total. The van der Waals surface area contributed by atoms with E-state index in [-0.39, 0.29) is 18.1 Å². The Balaban J connectivity index is 1.75. The Bertz CT molecular complexity index is 501. The Morgan fingerprint density at radius 2 is 2.42 bits per heavy atom. The fourth-order valence-corrected chi connectivity index (χ4v) is 2.71. The van der Waals surface area contributed by atoms with Gasteiger partial charge in [-0.05, 0) is 30.2 Å². The number of fused-ring (bicyclic) bond motifs is 1. The summed E-state index contributed by atoms with van der Waals surface area (Å²) in [6.07, 6.45) is 0.952. The molecule has 0 bridgehead atoms. The molecular formula is C14H19N3O2. The summed E-state index contributed by atoms with van der Waals surface area (Å²) in [5.74, 6) is 0.973. The second kappa shape index (κ2) is 4.74. The molecular weight excluding hydrogens is 242 g/mol. The Morgan fingerprint density at radius 1 is 1.58 bits per heavy atom. The van der Waals surface area contributed by atoms with E-state index in [4.69, 9.17) is 10.5 Å². The minimum Gasteiger partial charge on any atom is -0.493 e. The van der Waals surface area contributed by atoms with Gasteiger partial charge in [0.25, 0.3) is 0 Å². The summed E-state index contributed by atoms with van der Waals surface area (Å²) in [5.41, 5.74) is 8.13. The van der Waals surface area contributed by atoms with Crippen LogP contribution in [0.5, 0.6) is 5.75 Å². The van der Waals surface area contributed by atoms with E-state index < -0.39 is 0 Å². The van der Waals surface area contributed by atoms with Gasteiger partial charge in [0, 0.05) is 25.6 Å². The largest absolute Gasteiger partial charge is 0.493 e. The molecule has 1 aromatic carbocycles. The zero-order chi connectivity index (χ0) is 13.4. The van der Waals surface area contributed by atoms with Gasteiger partial charge in [0.2, 0.25) is 0 Å². The average molecular weight is 261 g/mol. The lowest BCUT2D eigenvalue weighted by molar-refractivity contribution is 0.215. The maximum atomic E-state index is 11.9. The highest BCUT2D eigenvalue weighted by Gasteiger charge is 2.30. The summed E-state index contributed by atoms with van der Waals surface area (Å²) in [4.78, 5) is 13.6. The van der Waals surface area contributed by atoms with E-state index in [2.05, 4.69) is 11.4 Å². The first kappa shape index (κ1) is 12.3. The van der Waals surface area contributed by atoms with Crippen LogP contribution in [0.4, 0.5) is 4.79 Å². The van der Waals surface area contributed by atoms with Gasteiger partial charge >= 0.3 is 6.03 Å². The second-order valence-corrected chi connectivity index (χ2v) is 5.35. The number of carbonyl (C=O) groups is 1. The smallest absolute Gasteiger partial charge is 0.318 e. The molecule has 0 radical (unpaired) electrons. The first-order chi connectivity index (χ1) is 9.13. The third kappa shape index (κ3) is 2.38. The predicted molar refractivity (Wildman–Crippen MR) is 72.1 cm³/mol. The molecule has 0 saturated carbocycles. The van der Waals surface area contributed by atoms with Gasteiger partial charge in [0.15, 0.2) is 0 Å². The molecule has 19 heavy (non-hydrogen) atoms. The molecule has 2 aliphatic heterocycles. The maximum Gasteiger partial charge on any atom is 0.318 e. The van der Waals surface area contributed by atoms with Crippen LogP contribution in [0.15, 0.2) is 18.2 Å². The van der Waals surface area contributed by atoms with Crippen LogP contribution in [0.2, 0.25) is 0 Å². The van der Waals surface area contributed by atoms with E-state index in [1.165, 1.54) is 5.56 Å². The third-order valence-electron chi connectivity index (χ3n) is 3.61. The number of benzene rings is 1. The second-order valence-electron chi connectivity index (χ2n) is 5.35. The molecule has 102 valence electrons. The zero-order valence-electron chi connectivity index (χ0n) is 11.1. The van der Waals surface area contributed by atoms with Crippen LogP contribution in [0, 0.1) is 0 Å². The molecule has 5 heteroatoms. The van der Waals surface area contributed by atoms with Crippen LogP contribution in [0.25, 0.3) is 0 Å². The predicted octanol–water partition coefficient (Wildman–Crippen LogP) is 1.03. The lowest BCUT2D eigenvalue weighted by Crippen LogP contribution is -2.37. The highest BCUT2D eigenvalue weighted by atomic mass is 16.5. The number of hydrogen-bond donors (Lipinski definition) is 2. The van der Waals surface area contributed by atoms with Gasteiger partial charge < -0.3 is 20.7 Å². The number of ether oxygens (including phenoxy) is 1. The number of rotatable bonds is 3. The molecule has 2 amide bonds. The summed E-state index contributed by atoms with van der Waals surface area (Å²) in [6, 6.07) is 6.19. The monoisotopic (exact) mass is 261 g/mol. The fourth-order valence-electron chi connectivity index (χ4n) is 2.71. The van der Waals surface area contributed by atoms with E-state index in [0.29, 0.717) is 13.1 Å². The zero-order valence-corrected chi connectivity index (χ0v) is 11.1. The van der Waals surface area contributed by atoms with Gasteiger partial charge in [0.05, 0.1) is 12.6 Å². The van der Waals surface area contributed by atoms with Gasteiger partial charge in [0.1, 0.15) is 5.75 Å². The van der Waals surface area contributed by atoms with Gasteiger partial charge in [-0.3, -0.25) is 0 Å². The van der Waals surface area contributed by atoms with Crippen molar-refractivity contribution in [3.05, 3.63) is 29.3 Å². The van der Waals surface area contributed by atoms with Crippen molar-refractivity contribution in [2.75, 3.05) is 19.7 Å². The highest BCUT2D eigenvalue weighted by Crippen LogP contribution is 2.29. The first-order valence-corrected chi connectivity index (χ1v) is 6.70. The van der Waals surface area contributed by atoms with Crippen LogP contribution in [-0.4, -0.2) is 36.7 Å². The van der Waals surface area contributed by atoms with Crippen molar-refractivity contribution in [3.63, 3.8) is 0 Å². The summed E-state index contributed by atoms with van der Waals surface area (Å²) in [6.45, 7) is 3.94. The van der Waals surface area contributed by atoms with E-state index in [9.17, 15) is 4.79 Å². The first-order valence-electron chi connectivity index (χ1n) is 6.70. The number of hydrogen-bond acceptors (Lipinski definition) is 3. The number of urea groups is 1. The van der Waals surface area contributed by atoms with Gasteiger partial charge in [-0.25, -0.2) is 4.79 Å². The Morgan fingerprint density at radius 3 is 3.21 bits per heavy atom. The van der Waals surface area contributed by atoms with E-state index in [1.807, 2.05) is 19.1 Å². The summed E-state index contributed by atoms with van der Waals surface area (Å²) >= 11 is 0. The molecule has 0 spiro atoms. The normalized spacial score (nSPS) is 22.9. The molecule has 2 aliphatic rings. The maximum absolute atomic E-state index is 11.9. The van der Waals surface area contributed by atoms with E-state index in [1.54, 1.807) is 4.90 Å². The Labute approximate surface area is 112 Å². The van der Waals surface area contributed by atoms with Crippen molar-refractivity contribution < 1.29 is 9.53 Å². The van der Waals surface area contributed by atoms with Crippen molar-refractivity contribution in [2.24, 2.45) is 5.73 Å². The average Bonchev–Trinajstić information content (AvgIpc) is 2.95. The number of nitrogens with zero attached hydrogens (tertiary/aromatic N) is 1. The number of nitrogens with one attached hydrogen (secondary N) is 1. The van der Waals surface area contributed by atoms with Gasteiger partial charge in [-0.1, -0.05) is 6.07 Å². The Hall–Kier alpha value is -1.75. The topological polar surface area (TPSA) is 67.6 Å². The quantitative estimate of drug-likeness (QED) is 0.854. The van der Waals surface area contributed by atoms with Crippen LogP contribution in [0.1, 0.15) is 24.1 Å². The van der Waals surface area contributed by atoms with Crippen LogP contribution in [0.3, 0.4) is 0 Å². The number of nitrogens with two attached hydrogens (primary N) is 1. The molecule has 2 heterocycles. The fraction of sp³-hybridized carbons (Fsp3) is 0.500. The molecule has 0 aromatic heterocycles. The Kier molecular flexibility index (Phi) is 3.06. The number of carbonyl (C=O) groups excluding carboxylic acids is 1. The van der Waals surface area contributed by atoms with E-state index >= 15 is 0 Å². The van der Waals surface area contributed by atoms with Crippen LogP contribution >= 0.6 is 0 Å². The molecule has 2 unspecified atom stereocenters. The minimum atomic E-state index is -0.0287. The van der Waals surface area contributed by atoms with Gasteiger partial charge in [-0.15, -0.1) is 0 Å². The summed E-state index contributed by atoms with van der Waals surface area (Å²) in [7, 11) is 0. The molecule has 2 atom stereocenters. The standard InChI is InChI=1S/C14H19N3O2/c1-9(15)7-17-8-12(16-14(17)18)10-2-3-13-11(6-10)4-5-19-13/h2-3,6,9,12H,4-5,7-8,15H2,1H3,(H,16,18). The molecule has 1 aromatic rings. The highest BCUT2D eigenvalue weighted by molar-refractivity contribution is 5.77.